The van der Waals surface area contributed by atoms with Gasteiger partial charge in [-0.15, -0.1) is 0 Å². The van der Waals surface area contributed by atoms with Gasteiger partial charge in [-0.3, -0.25) is 4.68 Å². The molecule has 1 aliphatic heterocycles. The maximum absolute atomic E-state index is 6.30. The van der Waals surface area contributed by atoms with Crippen molar-refractivity contribution < 1.29 is 18.8 Å². The summed E-state index contributed by atoms with van der Waals surface area (Å²) in [5.74, 6) is 0.957. The molecule has 3 aromatic carbocycles. The standard InChI is InChI=1S/C33H34BN3O4.C2H6/c1-32(2)33(3,4)41-34(40-32)25-16-17-26-28(20-25)37(5)36-30(26)27-18-19-29(38-21-23-12-8-6-9-13-23)35-31(27)39-22-24-14-10-7-11-15-24;1-2/h6-20H,21-22H2,1-5H3;1-2H3. The van der Waals surface area contributed by atoms with Crippen LogP contribution in [0.25, 0.3) is 22.2 Å². The maximum Gasteiger partial charge on any atom is 0.494 e. The Bertz CT molecular complexity index is 1650. The van der Waals surface area contributed by atoms with E-state index in [0.717, 1.165) is 38.8 Å². The number of hydrogen-bond acceptors (Lipinski definition) is 6. The zero-order valence-electron chi connectivity index (χ0n) is 26.1. The van der Waals surface area contributed by atoms with Crippen molar-refractivity contribution in [1.82, 2.24) is 14.8 Å². The zero-order valence-corrected chi connectivity index (χ0v) is 26.1. The lowest BCUT2D eigenvalue weighted by atomic mass is 9.78. The number of aryl methyl sites for hydroxylation is 1. The van der Waals surface area contributed by atoms with Crippen molar-refractivity contribution in [2.75, 3.05) is 0 Å². The van der Waals surface area contributed by atoms with Gasteiger partial charge in [0.2, 0.25) is 11.8 Å². The van der Waals surface area contributed by atoms with Gasteiger partial charge in [0.25, 0.3) is 0 Å². The van der Waals surface area contributed by atoms with Crippen LogP contribution >= 0.6 is 0 Å². The molecule has 5 aromatic rings. The third kappa shape index (κ3) is 6.45. The summed E-state index contributed by atoms with van der Waals surface area (Å²) in [5.41, 5.74) is 4.79. The lowest BCUT2D eigenvalue weighted by molar-refractivity contribution is 0.00578. The van der Waals surface area contributed by atoms with Crippen molar-refractivity contribution in [1.29, 1.82) is 0 Å². The number of rotatable bonds is 8. The smallest absolute Gasteiger partial charge is 0.473 e. The summed E-state index contributed by atoms with van der Waals surface area (Å²) in [5, 5.41) is 5.88. The van der Waals surface area contributed by atoms with Gasteiger partial charge in [0.1, 0.15) is 18.9 Å². The average molecular weight is 578 g/mol. The number of ether oxygens (including phenoxy) is 2. The van der Waals surface area contributed by atoms with Crippen molar-refractivity contribution in [3.63, 3.8) is 0 Å². The predicted molar refractivity (Wildman–Crippen MR) is 173 cm³/mol. The Morgan fingerprint density at radius 1 is 0.744 bits per heavy atom. The first kappa shape index (κ1) is 30.3. The molecule has 43 heavy (non-hydrogen) atoms. The summed E-state index contributed by atoms with van der Waals surface area (Å²) >= 11 is 0. The fraction of sp³-hybridized carbons (Fsp3) is 0.314. The van der Waals surface area contributed by atoms with Crippen LogP contribution in [0.3, 0.4) is 0 Å². The molecule has 0 unspecified atom stereocenters. The molecule has 6 rings (SSSR count). The van der Waals surface area contributed by atoms with Crippen molar-refractivity contribution in [2.24, 2.45) is 7.05 Å². The van der Waals surface area contributed by atoms with Gasteiger partial charge in [-0.2, -0.15) is 10.1 Å². The highest BCUT2D eigenvalue weighted by molar-refractivity contribution is 6.62. The van der Waals surface area contributed by atoms with Crippen LogP contribution < -0.4 is 14.9 Å². The van der Waals surface area contributed by atoms with Crippen molar-refractivity contribution in [3.8, 4) is 23.0 Å². The Balaban J connectivity index is 0.00000180. The number of aromatic nitrogens is 3. The van der Waals surface area contributed by atoms with E-state index in [0.29, 0.717) is 25.0 Å². The summed E-state index contributed by atoms with van der Waals surface area (Å²) < 4.78 is 26.8. The molecule has 1 fully saturated rings. The molecule has 1 saturated heterocycles. The SMILES string of the molecule is CC.Cn1nc(-c2ccc(OCc3ccccc3)nc2OCc2ccccc2)c2ccc(B3OC(C)(C)C(C)(C)O3)cc21. The highest BCUT2D eigenvalue weighted by Crippen LogP contribution is 2.38. The Morgan fingerprint density at radius 2 is 1.33 bits per heavy atom. The van der Waals surface area contributed by atoms with Crippen molar-refractivity contribution in [3.05, 3.63) is 102 Å². The van der Waals surface area contributed by atoms with Crippen LogP contribution in [0.4, 0.5) is 0 Å². The summed E-state index contributed by atoms with van der Waals surface area (Å²) in [6.45, 7) is 13.0. The number of benzene rings is 3. The molecule has 0 spiro atoms. The highest BCUT2D eigenvalue weighted by atomic mass is 16.7. The van der Waals surface area contributed by atoms with Crippen LogP contribution in [0.5, 0.6) is 11.8 Å². The Labute approximate surface area is 254 Å². The normalized spacial score (nSPS) is 15.2. The predicted octanol–water partition coefficient (Wildman–Crippen LogP) is 7.12. The molecule has 1 aliphatic rings. The summed E-state index contributed by atoms with van der Waals surface area (Å²) in [7, 11) is 1.49. The molecule has 0 amide bonds. The van der Waals surface area contributed by atoms with Gasteiger partial charge in [0.15, 0.2) is 0 Å². The van der Waals surface area contributed by atoms with E-state index in [1.165, 1.54) is 0 Å². The van der Waals surface area contributed by atoms with Crippen LogP contribution in [-0.4, -0.2) is 33.1 Å². The van der Waals surface area contributed by atoms with Crippen LogP contribution in [0, 0.1) is 0 Å². The van der Waals surface area contributed by atoms with E-state index in [-0.39, 0.29) is 0 Å². The fourth-order valence-electron chi connectivity index (χ4n) is 4.85. The Morgan fingerprint density at radius 3 is 1.93 bits per heavy atom. The molecule has 7 nitrogen and oxygen atoms in total. The number of fused-ring (bicyclic) bond motifs is 1. The van der Waals surface area contributed by atoms with E-state index >= 15 is 0 Å². The van der Waals surface area contributed by atoms with Gasteiger partial charge >= 0.3 is 7.12 Å². The maximum atomic E-state index is 6.30. The highest BCUT2D eigenvalue weighted by Gasteiger charge is 2.51. The number of nitrogens with zero attached hydrogens (tertiary/aromatic N) is 3. The largest absolute Gasteiger partial charge is 0.494 e. The molecule has 0 radical (unpaired) electrons. The van der Waals surface area contributed by atoms with E-state index in [2.05, 4.69) is 39.8 Å². The molecular formula is C35H40BN3O4. The minimum Gasteiger partial charge on any atom is -0.473 e. The molecule has 0 bridgehead atoms. The zero-order chi connectivity index (χ0) is 30.6. The second-order valence-electron chi connectivity index (χ2n) is 11.4. The van der Waals surface area contributed by atoms with E-state index in [1.807, 2.05) is 104 Å². The van der Waals surface area contributed by atoms with Gasteiger partial charge in [-0.1, -0.05) is 86.6 Å². The number of hydrogen-bond donors (Lipinski definition) is 0. The summed E-state index contributed by atoms with van der Waals surface area (Å²) in [6, 6.07) is 30.1. The Kier molecular flexibility index (Phi) is 8.90. The first-order valence-corrected chi connectivity index (χ1v) is 14.9. The van der Waals surface area contributed by atoms with Gasteiger partial charge in [0, 0.05) is 18.5 Å². The first-order valence-electron chi connectivity index (χ1n) is 14.9. The topological polar surface area (TPSA) is 67.6 Å². The monoisotopic (exact) mass is 577 g/mol. The van der Waals surface area contributed by atoms with Crippen molar-refractivity contribution in [2.45, 2.75) is 66.0 Å². The molecule has 0 saturated carbocycles. The number of pyridine rings is 1. The van der Waals surface area contributed by atoms with Gasteiger partial charge in [-0.05, 0) is 56.4 Å². The van der Waals surface area contributed by atoms with E-state index < -0.39 is 18.3 Å². The summed E-state index contributed by atoms with van der Waals surface area (Å²) in [6.07, 6.45) is 0. The van der Waals surface area contributed by atoms with Crippen molar-refractivity contribution >= 4 is 23.5 Å². The minimum absolute atomic E-state index is 0.375. The summed E-state index contributed by atoms with van der Waals surface area (Å²) in [4.78, 5) is 4.77. The van der Waals surface area contributed by atoms with Crippen LogP contribution in [0.15, 0.2) is 91.0 Å². The van der Waals surface area contributed by atoms with E-state index in [1.54, 1.807) is 0 Å². The van der Waals surface area contributed by atoms with Gasteiger partial charge < -0.3 is 18.8 Å². The molecular weight excluding hydrogens is 537 g/mol. The fourth-order valence-corrected chi connectivity index (χ4v) is 4.85. The minimum atomic E-state index is -0.449. The molecule has 0 aliphatic carbocycles. The van der Waals surface area contributed by atoms with E-state index in [4.69, 9.17) is 28.9 Å². The third-order valence-corrected chi connectivity index (χ3v) is 7.94. The van der Waals surface area contributed by atoms with Crippen LogP contribution in [0.1, 0.15) is 52.7 Å². The van der Waals surface area contributed by atoms with Gasteiger partial charge in [-0.25, -0.2) is 0 Å². The quantitative estimate of drug-likeness (QED) is 0.183. The lowest BCUT2D eigenvalue weighted by Crippen LogP contribution is -2.41. The molecule has 2 aromatic heterocycles. The van der Waals surface area contributed by atoms with E-state index in [9.17, 15) is 0 Å². The molecule has 0 N–H and O–H groups in total. The molecule has 8 heteroatoms. The lowest BCUT2D eigenvalue weighted by Gasteiger charge is -2.32. The Hall–Kier alpha value is -4.14. The molecule has 3 heterocycles. The first-order chi connectivity index (χ1) is 20.7. The average Bonchev–Trinajstić information content (AvgIpc) is 3.47. The molecule has 222 valence electrons. The second kappa shape index (κ2) is 12.6. The third-order valence-electron chi connectivity index (χ3n) is 7.94. The molecule has 0 atom stereocenters. The van der Waals surface area contributed by atoms with Crippen LogP contribution in [0.2, 0.25) is 0 Å². The second-order valence-corrected chi connectivity index (χ2v) is 11.4. The van der Waals surface area contributed by atoms with Crippen LogP contribution in [-0.2, 0) is 29.6 Å². The van der Waals surface area contributed by atoms with Gasteiger partial charge in [0.05, 0.1) is 22.3 Å².